The molecule has 0 N–H and O–H groups in total. The first-order valence-corrected chi connectivity index (χ1v) is 7.27. The van der Waals surface area contributed by atoms with Crippen molar-refractivity contribution >= 4 is 10.9 Å². The van der Waals surface area contributed by atoms with Crippen LogP contribution in [0.5, 0.6) is 0 Å². The van der Waals surface area contributed by atoms with Gasteiger partial charge in [-0.1, -0.05) is 38.5 Å². The van der Waals surface area contributed by atoms with E-state index < -0.39 is 0 Å². The van der Waals surface area contributed by atoms with Crippen LogP contribution in [0.2, 0.25) is 0 Å². The second-order valence-corrected chi connectivity index (χ2v) is 6.60. The Morgan fingerprint density at radius 3 is 2.52 bits per heavy atom. The minimum atomic E-state index is 0.138. The molecule has 0 aliphatic carbocycles. The number of nitrogens with zero attached hydrogens (tertiary/aromatic N) is 2. The van der Waals surface area contributed by atoms with Gasteiger partial charge in [-0.15, -0.1) is 0 Å². The van der Waals surface area contributed by atoms with E-state index in [-0.39, 0.29) is 5.41 Å². The number of hydrogen-bond acceptors (Lipinski definition) is 2. The van der Waals surface area contributed by atoms with Crippen molar-refractivity contribution in [1.29, 1.82) is 0 Å². The van der Waals surface area contributed by atoms with E-state index in [1.165, 1.54) is 16.7 Å². The SMILES string of the molecule is Cc1cc(-c2ccc3ccncc3n2)cc(C(C)(C)C)c1. The molecule has 0 aliphatic rings. The van der Waals surface area contributed by atoms with Crippen LogP contribution in [0.25, 0.3) is 22.2 Å². The predicted molar refractivity (Wildman–Crippen MR) is 88.4 cm³/mol. The summed E-state index contributed by atoms with van der Waals surface area (Å²) in [5.74, 6) is 0. The molecule has 0 aliphatic heterocycles. The lowest BCUT2D eigenvalue weighted by Gasteiger charge is -2.20. The highest BCUT2D eigenvalue weighted by molar-refractivity contribution is 5.80. The fraction of sp³-hybridized carbons (Fsp3) is 0.263. The molecule has 0 bridgehead atoms. The second-order valence-electron chi connectivity index (χ2n) is 6.60. The van der Waals surface area contributed by atoms with Gasteiger partial charge in [0.05, 0.1) is 17.4 Å². The molecular weight excluding hydrogens is 256 g/mol. The Kier molecular flexibility index (Phi) is 3.25. The molecule has 0 unspecified atom stereocenters. The summed E-state index contributed by atoms with van der Waals surface area (Å²) in [5.41, 5.74) is 5.86. The van der Waals surface area contributed by atoms with Crippen molar-refractivity contribution in [2.75, 3.05) is 0 Å². The largest absolute Gasteiger partial charge is 0.262 e. The first-order valence-electron chi connectivity index (χ1n) is 7.27. The van der Waals surface area contributed by atoms with Crippen LogP contribution < -0.4 is 0 Å². The molecule has 0 saturated heterocycles. The third-order valence-corrected chi connectivity index (χ3v) is 3.73. The summed E-state index contributed by atoms with van der Waals surface area (Å²) in [4.78, 5) is 8.91. The Balaban J connectivity index is 2.16. The molecule has 3 aromatic rings. The average Bonchev–Trinajstić information content (AvgIpc) is 2.45. The van der Waals surface area contributed by atoms with Gasteiger partial charge in [-0.3, -0.25) is 4.98 Å². The van der Waals surface area contributed by atoms with E-state index in [0.717, 1.165) is 16.6 Å². The maximum Gasteiger partial charge on any atom is 0.0892 e. The van der Waals surface area contributed by atoms with Gasteiger partial charge in [0.1, 0.15) is 0 Å². The lowest BCUT2D eigenvalue weighted by Crippen LogP contribution is -2.11. The van der Waals surface area contributed by atoms with Gasteiger partial charge < -0.3 is 0 Å². The molecule has 1 aromatic carbocycles. The monoisotopic (exact) mass is 276 g/mol. The highest BCUT2D eigenvalue weighted by atomic mass is 14.7. The number of hydrogen-bond donors (Lipinski definition) is 0. The van der Waals surface area contributed by atoms with Crippen LogP contribution in [0, 0.1) is 6.92 Å². The Hall–Kier alpha value is -2.22. The van der Waals surface area contributed by atoms with Crippen molar-refractivity contribution in [2.24, 2.45) is 0 Å². The minimum absolute atomic E-state index is 0.138. The van der Waals surface area contributed by atoms with Crippen molar-refractivity contribution in [1.82, 2.24) is 9.97 Å². The van der Waals surface area contributed by atoms with Gasteiger partial charge in [-0.25, -0.2) is 4.98 Å². The molecule has 0 amide bonds. The maximum absolute atomic E-state index is 4.75. The van der Waals surface area contributed by atoms with Gasteiger partial charge in [0.25, 0.3) is 0 Å². The minimum Gasteiger partial charge on any atom is -0.262 e. The highest BCUT2D eigenvalue weighted by Crippen LogP contribution is 2.29. The topological polar surface area (TPSA) is 25.8 Å². The molecule has 0 fully saturated rings. The number of aryl methyl sites for hydroxylation is 1. The number of rotatable bonds is 1. The molecule has 2 heterocycles. The first-order chi connectivity index (χ1) is 9.93. The van der Waals surface area contributed by atoms with E-state index in [4.69, 9.17) is 4.98 Å². The molecule has 21 heavy (non-hydrogen) atoms. The Morgan fingerprint density at radius 2 is 1.76 bits per heavy atom. The van der Waals surface area contributed by atoms with Crippen molar-refractivity contribution < 1.29 is 0 Å². The van der Waals surface area contributed by atoms with E-state index in [1.54, 1.807) is 6.20 Å². The summed E-state index contributed by atoms with van der Waals surface area (Å²) in [7, 11) is 0. The van der Waals surface area contributed by atoms with Crippen molar-refractivity contribution in [3.05, 3.63) is 59.9 Å². The third kappa shape index (κ3) is 2.80. The van der Waals surface area contributed by atoms with Crippen molar-refractivity contribution in [3.63, 3.8) is 0 Å². The standard InChI is InChI=1S/C19H20N2/c1-13-9-15(11-16(10-13)19(2,3)4)17-6-5-14-7-8-20-12-18(14)21-17/h5-12H,1-4H3. The lowest BCUT2D eigenvalue weighted by atomic mass is 9.85. The number of aromatic nitrogens is 2. The number of benzene rings is 1. The lowest BCUT2D eigenvalue weighted by molar-refractivity contribution is 0.590. The van der Waals surface area contributed by atoms with E-state index in [9.17, 15) is 0 Å². The van der Waals surface area contributed by atoms with E-state index in [1.807, 2.05) is 12.3 Å². The quantitative estimate of drug-likeness (QED) is 0.631. The summed E-state index contributed by atoms with van der Waals surface area (Å²) in [6.45, 7) is 8.86. The second kappa shape index (κ2) is 4.96. The van der Waals surface area contributed by atoms with Crippen LogP contribution >= 0.6 is 0 Å². The molecule has 2 aromatic heterocycles. The maximum atomic E-state index is 4.75. The van der Waals surface area contributed by atoms with Crippen molar-refractivity contribution in [2.45, 2.75) is 33.1 Å². The van der Waals surface area contributed by atoms with Gasteiger partial charge in [-0.2, -0.15) is 0 Å². The number of pyridine rings is 2. The zero-order valence-electron chi connectivity index (χ0n) is 13.0. The van der Waals surface area contributed by atoms with Gasteiger partial charge in [0, 0.05) is 17.1 Å². The summed E-state index contributed by atoms with van der Waals surface area (Å²) in [6.07, 6.45) is 3.62. The summed E-state index contributed by atoms with van der Waals surface area (Å²) in [6, 6.07) is 12.9. The van der Waals surface area contributed by atoms with Crippen LogP contribution in [-0.2, 0) is 5.41 Å². The zero-order chi connectivity index (χ0) is 15.0. The fourth-order valence-electron chi connectivity index (χ4n) is 2.49. The van der Waals surface area contributed by atoms with Crippen LogP contribution in [-0.4, -0.2) is 9.97 Å². The number of fused-ring (bicyclic) bond motifs is 1. The van der Waals surface area contributed by atoms with Crippen molar-refractivity contribution in [3.8, 4) is 11.3 Å². The van der Waals surface area contributed by atoms with E-state index >= 15 is 0 Å². The Labute approximate surface area is 125 Å². The van der Waals surface area contributed by atoms with Crippen LogP contribution in [0.1, 0.15) is 31.9 Å². The summed E-state index contributed by atoms with van der Waals surface area (Å²) < 4.78 is 0. The molecule has 0 radical (unpaired) electrons. The first kappa shape index (κ1) is 13.7. The summed E-state index contributed by atoms with van der Waals surface area (Å²) in [5, 5.41) is 1.12. The molecule has 0 saturated carbocycles. The fourth-order valence-corrected chi connectivity index (χ4v) is 2.49. The van der Waals surface area contributed by atoms with E-state index in [0.29, 0.717) is 0 Å². The molecular formula is C19H20N2. The molecule has 2 nitrogen and oxygen atoms in total. The third-order valence-electron chi connectivity index (χ3n) is 3.73. The van der Waals surface area contributed by atoms with Gasteiger partial charge in [-0.05, 0) is 42.2 Å². The van der Waals surface area contributed by atoms with Crippen LogP contribution in [0.15, 0.2) is 48.8 Å². The van der Waals surface area contributed by atoms with E-state index in [2.05, 4.69) is 63.0 Å². The Bertz CT molecular complexity index is 798. The molecule has 0 spiro atoms. The highest BCUT2D eigenvalue weighted by Gasteiger charge is 2.15. The summed E-state index contributed by atoms with van der Waals surface area (Å²) >= 11 is 0. The molecule has 0 atom stereocenters. The normalized spacial score (nSPS) is 11.8. The molecule has 106 valence electrons. The van der Waals surface area contributed by atoms with Gasteiger partial charge in [0.15, 0.2) is 0 Å². The molecule has 2 heteroatoms. The average molecular weight is 276 g/mol. The van der Waals surface area contributed by atoms with Gasteiger partial charge >= 0.3 is 0 Å². The van der Waals surface area contributed by atoms with Gasteiger partial charge in [0.2, 0.25) is 0 Å². The van der Waals surface area contributed by atoms with Crippen LogP contribution in [0.4, 0.5) is 0 Å². The van der Waals surface area contributed by atoms with Crippen LogP contribution in [0.3, 0.4) is 0 Å². The Morgan fingerprint density at radius 1 is 0.952 bits per heavy atom. The smallest absolute Gasteiger partial charge is 0.0892 e. The molecule has 3 rings (SSSR count). The zero-order valence-corrected chi connectivity index (χ0v) is 13.0. The predicted octanol–water partition coefficient (Wildman–Crippen LogP) is 4.90.